The van der Waals surface area contributed by atoms with Crippen molar-refractivity contribution in [3.05, 3.63) is 64.8 Å². The topological polar surface area (TPSA) is 74.5 Å². The SMILES string of the molecule is COc1ccc(-c2nc(C(=O)OCc3csc(-c4ccco4)n3)cs2)cc1. The first kappa shape index (κ1) is 17.4. The van der Waals surface area contributed by atoms with Gasteiger partial charge in [-0.05, 0) is 36.4 Å². The molecule has 0 N–H and O–H groups in total. The molecule has 0 saturated carbocycles. The van der Waals surface area contributed by atoms with Gasteiger partial charge in [0.1, 0.15) is 17.4 Å². The third-order valence-electron chi connectivity index (χ3n) is 3.69. The summed E-state index contributed by atoms with van der Waals surface area (Å²) in [5.41, 5.74) is 1.88. The highest BCUT2D eigenvalue weighted by Crippen LogP contribution is 2.27. The van der Waals surface area contributed by atoms with E-state index >= 15 is 0 Å². The lowest BCUT2D eigenvalue weighted by molar-refractivity contribution is 0.0462. The van der Waals surface area contributed by atoms with E-state index in [4.69, 9.17) is 13.9 Å². The first-order valence-electron chi connectivity index (χ1n) is 7.98. The summed E-state index contributed by atoms with van der Waals surface area (Å²) in [5.74, 6) is 0.992. The van der Waals surface area contributed by atoms with Gasteiger partial charge in [-0.1, -0.05) is 0 Å². The Morgan fingerprint density at radius 1 is 1.07 bits per heavy atom. The second kappa shape index (κ2) is 7.73. The van der Waals surface area contributed by atoms with Crippen LogP contribution in [0.2, 0.25) is 0 Å². The third-order valence-corrected chi connectivity index (χ3v) is 5.48. The van der Waals surface area contributed by atoms with Crippen LogP contribution in [0, 0.1) is 0 Å². The van der Waals surface area contributed by atoms with Crippen molar-refractivity contribution < 1.29 is 18.7 Å². The van der Waals surface area contributed by atoms with Gasteiger partial charge in [-0.15, -0.1) is 22.7 Å². The number of aromatic nitrogens is 2. The molecule has 0 aliphatic rings. The predicted octanol–water partition coefficient (Wildman–Crippen LogP) is 4.89. The lowest BCUT2D eigenvalue weighted by Crippen LogP contribution is -2.05. The van der Waals surface area contributed by atoms with E-state index in [1.807, 2.05) is 35.7 Å². The first-order valence-corrected chi connectivity index (χ1v) is 9.74. The second-order valence-electron chi connectivity index (χ2n) is 5.46. The van der Waals surface area contributed by atoms with Crippen LogP contribution in [0.15, 0.2) is 57.8 Å². The molecule has 0 aliphatic carbocycles. The molecule has 0 atom stereocenters. The van der Waals surface area contributed by atoms with E-state index in [0.29, 0.717) is 11.5 Å². The smallest absolute Gasteiger partial charge is 0.358 e. The molecule has 3 heterocycles. The summed E-state index contributed by atoms with van der Waals surface area (Å²) >= 11 is 2.83. The highest BCUT2D eigenvalue weighted by atomic mass is 32.1. The molecule has 8 heteroatoms. The highest BCUT2D eigenvalue weighted by molar-refractivity contribution is 7.13. The normalized spacial score (nSPS) is 10.7. The number of ether oxygens (including phenoxy) is 2. The van der Waals surface area contributed by atoms with Gasteiger partial charge in [0.25, 0.3) is 0 Å². The second-order valence-corrected chi connectivity index (χ2v) is 7.18. The Kier molecular flexibility index (Phi) is 4.99. The van der Waals surface area contributed by atoms with Crippen LogP contribution < -0.4 is 4.74 Å². The molecule has 1 aromatic carbocycles. The van der Waals surface area contributed by atoms with Crippen LogP contribution in [0.3, 0.4) is 0 Å². The minimum absolute atomic E-state index is 0.0887. The molecule has 0 aliphatic heterocycles. The van der Waals surface area contributed by atoms with Crippen LogP contribution >= 0.6 is 22.7 Å². The number of esters is 1. The standard InChI is InChI=1S/C19H14N2O4S2/c1-23-14-6-4-12(5-7-14)17-21-15(11-27-17)19(22)25-9-13-10-26-18(20-13)16-3-2-8-24-16/h2-8,10-11H,9H2,1H3. The fourth-order valence-electron chi connectivity index (χ4n) is 2.33. The lowest BCUT2D eigenvalue weighted by atomic mass is 10.2. The van der Waals surface area contributed by atoms with Crippen molar-refractivity contribution in [1.82, 2.24) is 9.97 Å². The Balaban J connectivity index is 1.39. The highest BCUT2D eigenvalue weighted by Gasteiger charge is 2.15. The maximum Gasteiger partial charge on any atom is 0.358 e. The van der Waals surface area contributed by atoms with Gasteiger partial charge in [0.05, 0.1) is 19.1 Å². The molecule has 0 amide bonds. The molecule has 0 unspecified atom stereocenters. The summed E-state index contributed by atoms with van der Waals surface area (Å²) in [6.07, 6.45) is 1.60. The van der Waals surface area contributed by atoms with Crippen LogP contribution in [0.4, 0.5) is 0 Å². The summed E-state index contributed by atoms with van der Waals surface area (Å²) in [4.78, 5) is 21.0. The molecular weight excluding hydrogens is 384 g/mol. The molecule has 6 nitrogen and oxygen atoms in total. The Labute approximate surface area is 163 Å². The van der Waals surface area contributed by atoms with E-state index < -0.39 is 5.97 Å². The van der Waals surface area contributed by atoms with Gasteiger partial charge >= 0.3 is 5.97 Å². The number of thiazole rings is 2. The summed E-state index contributed by atoms with van der Waals surface area (Å²) in [6, 6.07) is 11.2. The van der Waals surface area contributed by atoms with Crippen molar-refractivity contribution in [2.24, 2.45) is 0 Å². The van der Waals surface area contributed by atoms with Crippen LogP contribution in [-0.4, -0.2) is 23.0 Å². The maximum absolute atomic E-state index is 12.3. The number of rotatable bonds is 6. The number of carbonyl (C=O) groups is 1. The Bertz CT molecular complexity index is 1040. The number of hydrogen-bond donors (Lipinski definition) is 0. The minimum atomic E-state index is -0.474. The van der Waals surface area contributed by atoms with E-state index in [2.05, 4.69) is 9.97 Å². The van der Waals surface area contributed by atoms with Crippen LogP contribution in [-0.2, 0) is 11.3 Å². The summed E-state index contributed by atoms with van der Waals surface area (Å²) in [7, 11) is 1.62. The van der Waals surface area contributed by atoms with Crippen molar-refractivity contribution in [3.63, 3.8) is 0 Å². The zero-order valence-electron chi connectivity index (χ0n) is 14.2. The van der Waals surface area contributed by atoms with Crippen molar-refractivity contribution in [2.45, 2.75) is 6.61 Å². The maximum atomic E-state index is 12.3. The van der Waals surface area contributed by atoms with Gasteiger partial charge < -0.3 is 13.9 Å². The summed E-state index contributed by atoms with van der Waals surface area (Å²) in [6.45, 7) is 0.0887. The van der Waals surface area contributed by atoms with Gasteiger partial charge in [-0.3, -0.25) is 0 Å². The average Bonchev–Trinajstić information content (AvgIpc) is 3.47. The van der Waals surface area contributed by atoms with Crippen LogP contribution in [0.25, 0.3) is 21.3 Å². The number of carbonyl (C=O) groups excluding carboxylic acids is 1. The molecule has 4 aromatic rings. The average molecular weight is 398 g/mol. The van der Waals surface area contributed by atoms with Gasteiger partial charge in [0.15, 0.2) is 16.5 Å². The van der Waals surface area contributed by atoms with E-state index in [1.54, 1.807) is 24.8 Å². The molecule has 136 valence electrons. The number of hydrogen-bond acceptors (Lipinski definition) is 8. The zero-order valence-corrected chi connectivity index (χ0v) is 15.9. The van der Waals surface area contributed by atoms with E-state index in [-0.39, 0.29) is 12.3 Å². The van der Waals surface area contributed by atoms with Crippen LogP contribution in [0.1, 0.15) is 16.2 Å². The zero-order chi connectivity index (χ0) is 18.6. The van der Waals surface area contributed by atoms with Crippen molar-refractivity contribution in [3.8, 4) is 27.1 Å². The quantitative estimate of drug-likeness (QED) is 0.431. The minimum Gasteiger partial charge on any atom is -0.497 e. The molecule has 0 spiro atoms. The first-order chi connectivity index (χ1) is 13.2. The lowest BCUT2D eigenvalue weighted by Gasteiger charge is -2.01. The summed E-state index contributed by atoms with van der Waals surface area (Å²) in [5, 5.41) is 5.03. The largest absolute Gasteiger partial charge is 0.497 e. The number of furan rings is 1. The van der Waals surface area contributed by atoms with E-state index in [9.17, 15) is 4.79 Å². The Morgan fingerprint density at radius 2 is 1.89 bits per heavy atom. The third kappa shape index (κ3) is 3.91. The fraction of sp³-hybridized carbons (Fsp3) is 0.105. The van der Waals surface area contributed by atoms with Crippen molar-refractivity contribution in [1.29, 1.82) is 0 Å². The number of methoxy groups -OCH3 is 1. The molecule has 0 radical (unpaired) electrons. The Hall–Kier alpha value is -2.97. The molecular formula is C19H14N2O4S2. The van der Waals surface area contributed by atoms with E-state index in [0.717, 1.165) is 21.3 Å². The number of nitrogens with zero attached hydrogens (tertiary/aromatic N) is 2. The monoisotopic (exact) mass is 398 g/mol. The van der Waals surface area contributed by atoms with Gasteiger partial charge in [0, 0.05) is 16.3 Å². The molecule has 4 rings (SSSR count). The summed E-state index contributed by atoms with van der Waals surface area (Å²) < 4.78 is 15.8. The Morgan fingerprint density at radius 3 is 2.63 bits per heavy atom. The van der Waals surface area contributed by atoms with Crippen molar-refractivity contribution >= 4 is 28.6 Å². The van der Waals surface area contributed by atoms with Crippen molar-refractivity contribution in [2.75, 3.05) is 7.11 Å². The fourth-order valence-corrected chi connectivity index (χ4v) is 3.90. The van der Waals surface area contributed by atoms with E-state index in [1.165, 1.54) is 22.7 Å². The molecule has 0 fully saturated rings. The predicted molar refractivity (Wildman–Crippen MR) is 103 cm³/mol. The molecule has 27 heavy (non-hydrogen) atoms. The van der Waals surface area contributed by atoms with Gasteiger partial charge in [-0.2, -0.15) is 0 Å². The van der Waals surface area contributed by atoms with Crippen LogP contribution in [0.5, 0.6) is 5.75 Å². The molecule has 0 bridgehead atoms. The molecule has 3 aromatic heterocycles. The van der Waals surface area contributed by atoms with Gasteiger partial charge in [0.2, 0.25) is 0 Å². The number of benzene rings is 1. The molecule has 0 saturated heterocycles. The van der Waals surface area contributed by atoms with Gasteiger partial charge in [-0.25, -0.2) is 14.8 Å².